The average molecular weight is 257 g/mol. The van der Waals surface area contributed by atoms with Gasteiger partial charge in [-0.15, -0.1) is 11.3 Å². The zero-order chi connectivity index (χ0) is 12.5. The van der Waals surface area contributed by atoms with Crippen molar-refractivity contribution in [2.24, 2.45) is 0 Å². The number of nitrogens with zero attached hydrogens (tertiary/aromatic N) is 1. The molecule has 88 valence electrons. The molecule has 0 unspecified atom stereocenters. The first-order chi connectivity index (χ1) is 8.02. The highest BCUT2D eigenvalue weighted by atomic mass is 32.1. The predicted molar refractivity (Wildman–Crippen MR) is 57.9 cm³/mol. The van der Waals surface area contributed by atoms with Gasteiger partial charge in [-0.1, -0.05) is 24.3 Å². The van der Waals surface area contributed by atoms with Crippen molar-refractivity contribution in [3.63, 3.8) is 0 Å². The van der Waals surface area contributed by atoms with E-state index in [1.807, 2.05) is 0 Å². The Morgan fingerprint density at radius 2 is 1.94 bits per heavy atom. The number of aldehydes is 1. The van der Waals surface area contributed by atoms with Crippen LogP contribution in [0.1, 0.15) is 15.4 Å². The first-order valence-corrected chi connectivity index (χ1v) is 5.41. The molecule has 1 aromatic heterocycles. The van der Waals surface area contributed by atoms with Crippen LogP contribution in [0.15, 0.2) is 30.5 Å². The van der Waals surface area contributed by atoms with Gasteiger partial charge in [0, 0.05) is 17.3 Å². The predicted octanol–water partition coefficient (Wildman–Crippen LogP) is 3.64. The standard InChI is InChI=1S/C11H6F3NOS/c12-11(13,14)10-15-5-9(17-10)8-4-2-1-3-7(8)6-16/h1-6H. The molecule has 1 aromatic carbocycles. The third-order valence-corrected chi connectivity index (χ3v) is 3.18. The fourth-order valence-corrected chi connectivity index (χ4v) is 2.18. The summed E-state index contributed by atoms with van der Waals surface area (Å²) in [4.78, 5) is 14.4. The van der Waals surface area contributed by atoms with Gasteiger partial charge in [-0.3, -0.25) is 4.79 Å². The maximum Gasteiger partial charge on any atom is 0.443 e. The highest BCUT2D eigenvalue weighted by molar-refractivity contribution is 7.15. The van der Waals surface area contributed by atoms with E-state index in [1.54, 1.807) is 24.3 Å². The zero-order valence-electron chi connectivity index (χ0n) is 8.36. The second kappa shape index (κ2) is 4.29. The molecule has 6 heteroatoms. The molecule has 0 saturated heterocycles. The van der Waals surface area contributed by atoms with Gasteiger partial charge in [0.2, 0.25) is 0 Å². The molecule has 0 saturated carbocycles. The van der Waals surface area contributed by atoms with Gasteiger partial charge in [-0.25, -0.2) is 4.98 Å². The molecule has 0 aliphatic heterocycles. The molecular weight excluding hydrogens is 251 g/mol. The van der Waals surface area contributed by atoms with Gasteiger partial charge in [0.25, 0.3) is 0 Å². The number of hydrogen-bond acceptors (Lipinski definition) is 3. The van der Waals surface area contributed by atoms with Crippen LogP contribution in [0.4, 0.5) is 13.2 Å². The Kier molecular flexibility index (Phi) is 2.97. The Bertz CT molecular complexity index is 548. The minimum absolute atomic E-state index is 0.333. The normalized spacial score (nSPS) is 11.5. The van der Waals surface area contributed by atoms with E-state index in [4.69, 9.17) is 0 Å². The van der Waals surface area contributed by atoms with Crippen molar-refractivity contribution in [2.45, 2.75) is 6.18 Å². The molecule has 0 atom stereocenters. The van der Waals surface area contributed by atoms with E-state index in [-0.39, 0.29) is 0 Å². The fourth-order valence-electron chi connectivity index (χ4n) is 1.35. The number of benzene rings is 1. The molecule has 0 aliphatic rings. The number of carbonyl (C=O) groups is 1. The minimum Gasteiger partial charge on any atom is -0.298 e. The van der Waals surface area contributed by atoms with Gasteiger partial charge in [0.1, 0.15) is 0 Å². The number of rotatable bonds is 2. The Hall–Kier alpha value is -1.69. The van der Waals surface area contributed by atoms with Gasteiger partial charge < -0.3 is 0 Å². The van der Waals surface area contributed by atoms with E-state index >= 15 is 0 Å². The summed E-state index contributed by atoms with van der Waals surface area (Å²) in [5.74, 6) is 0. The van der Waals surface area contributed by atoms with Crippen LogP contribution in [0, 0.1) is 0 Å². The number of thiazole rings is 1. The van der Waals surface area contributed by atoms with Crippen molar-refractivity contribution in [1.29, 1.82) is 0 Å². The topological polar surface area (TPSA) is 30.0 Å². The second-order valence-corrected chi connectivity index (χ2v) is 4.26. The summed E-state index contributed by atoms with van der Waals surface area (Å²) in [6.45, 7) is 0. The molecule has 17 heavy (non-hydrogen) atoms. The number of carbonyl (C=O) groups excluding carboxylic acids is 1. The molecule has 0 radical (unpaired) electrons. The summed E-state index contributed by atoms with van der Waals surface area (Å²) >= 11 is 0.527. The molecule has 0 spiro atoms. The Morgan fingerprint density at radius 3 is 2.53 bits per heavy atom. The lowest BCUT2D eigenvalue weighted by Gasteiger charge is -2.01. The van der Waals surface area contributed by atoms with E-state index in [0.29, 0.717) is 33.6 Å². The largest absolute Gasteiger partial charge is 0.443 e. The molecule has 2 aromatic rings. The van der Waals surface area contributed by atoms with Crippen LogP contribution >= 0.6 is 11.3 Å². The lowest BCUT2D eigenvalue weighted by Crippen LogP contribution is -2.02. The molecule has 0 fully saturated rings. The first-order valence-electron chi connectivity index (χ1n) is 4.60. The fraction of sp³-hybridized carbons (Fsp3) is 0.0909. The lowest BCUT2D eigenvalue weighted by molar-refractivity contribution is -0.137. The third-order valence-electron chi connectivity index (χ3n) is 2.10. The monoisotopic (exact) mass is 257 g/mol. The summed E-state index contributed by atoms with van der Waals surface area (Å²) in [7, 11) is 0. The van der Waals surface area contributed by atoms with Gasteiger partial charge in [-0.05, 0) is 0 Å². The van der Waals surface area contributed by atoms with E-state index in [9.17, 15) is 18.0 Å². The van der Waals surface area contributed by atoms with E-state index in [2.05, 4.69) is 4.98 Å². The summed E-state index contributed by atoms with van der Waals surface area (Å²) in [6.07, 6.45) is -2.70. The maximum atomic E-state index is 12.4. The molecule has 0 N–H and O–H groups in total. The molecule has 2 nitrogen and oxygen atoms in total. The summed E-state index contributed by atoms with van der Waals surface area (Å²) in [5.41, 5.74) is 0.820. The number of aromatic nitrogens is 1. The van der Waals surface area contributed by atoms with Crippen molar-refractivity contribution >= 4 is 17.6 Å². The van der Waals surface area contributed by atoms with Crippen molar-refractivity contribution in [3.05, 3.63) is 41.0 Å². The number of alkyl halides is 3. The van der Waals surface area contributed by atoms with Gasteiger partial charge in [0.05, 0.1) is 4.88 Å². The average Bonchev–Trinajstić information content (AvgIpc) is 2.77. The maximum absolute atomic E-state index is 12.4. The smallest absolute Gasteiger partial charge is 0.298 e. The molecule has 2 rings (SSSR count). The van der Waals surface area contributed by atoms with Crippen LogP contribution in [-0.2, 0) is 6.18 Å². The highest BCUT2D eigenvalue weighted by Gasteiger charge is 2.34. The van der Waals surface area contributed by atoms with Gasteiger partial charge >= 0.3 is 6.18 Å². The van der Waals surface area contributed by atoms with Crippen molar-refractivity contribution < 1.29 is 18.0 Å². The number of hydrogen-bond donors (Lipinski definition) is 0. The van der Waals surface area contributed by atoms with Crippen LogP contribution in [0.2, 0.25) is 0 Å². The van der Waals surface area contributed by atoms with E-state index < -0.39 is 11.2 Å². The van der Waals surface area contributed by atoms with Gasteiger partial charge in [-0.2, -0.15) is 13.2 Å². The summed E-state index contributed by atoms with van der Waals surface area (Å²) < 4.78 is 37.1. The Labute approximate surface area is 98.7 Å². The van der Waals surface area contributed by atoms with E-state index in [1.165, 1.54) is 0 Å². The van der Waals surface area contributed by atoms with E-state index in [0.717, 1.165) is 6.20 Å². The minimum atomic E-state index is -4.45. The van der Waals surface area contributed by atoms with Gasteiger partial charge in [0.15, 0.2) is 11.3 Å². The zero-order valence-corrected chi connectivity index (χ0v) is 9.18. The number of halogens is 3. The van der Waals surface area contributed by atoms with Crippen molar-refractivity contribution in [2.75, 3.05) is 0 Å². The molecule has 0 bridgehead atoms. The van der Waals surface area contributed by atoms with Crippen molar-refractivity contribution in [1.82, 2.24) is 4.98 Å². The summed E-state index contributed by atoms with van der Waals surface area (Å²) in [6, 6.07) is 6.46. The lowest BCUT2D eigenvalue weighted by atomic mass is 10.1. The molecule has 0 amide bonds. The van der Waals surface area contributed by atoms with Crippen LogP contribution in [0.25, 0.3) is 10.4 Å². The van der Waals surface area contributed by atoms with Crippen LogP contribution in [-0.4, -0.2) is 11.3 Å². The Morgan fingerprint density at radius 1 is 1.24 bits per heavy atom. The Balaban J connectivity index is 2.47. The van der Waals surface area contributed by atoms with Crippen LogP contribution < -0.4 is 0 Å². The quantitative estimate of drug-likeness (QED) is 0.769. The van der Waals surface area contributed by atoms with Crippen LogP contribution in [0.3, 0.4) is 0 Å². The second-order valence-electron chi connectivity index (χ2n) is 3.23. The van der Waals surface area contributed by atoms with Crippen molar-refractivity contribution in [3.8, 4) is 10.4 Å². The molecule has 0 aliphatic carbocycles. The molecule has 1 heterocycles. The first kappa shape index (κ1) is 11.8. The SMILES string of the molecule is O=Cc1ccccc1-c1cnc(C(F)(F)F)s1. The molecular formula is C11H6F3NOS. The van der Waals surface area contributed by atoms with Crippen LogP contribution in [0.5, 0.6) is 0 Å². The third kappa shape index (κ3) is 2.36. The highest BCUT2D eigenvalue weighted by Crippen LogP contribution is 2.36. The summed E-state index contributed by atoms with van der Waals surface area (Å²) in [5, 5.41) is -0.909.